The third-order valence-corrected chi connectivity index (χ3v) is 3.29. The number of hydrogen-bond donors (Lipinski definition) is 0. The summed E-state index contributed by atoms with van der Waals surface area (Å²) in [7, 11) is 1.79. The van der Waals surface area contributed by atoms with E-state index in [0.29, 0.717) is 13.1 Å². The summed E-state index contributed by atoms with van der Waals surface area (Å²) in [6.07, 6.45) is 0.798. The highest BCUT2D eigenvalue weighted by Gasteiger charge is 2.16. The van der Waals surface area contributed by atoms with Gasteiger partial charge in [-0.3, -0.25) is 9.59 Å². The average molecular weight is 275 g/mol. The molecule has 0 N–H and O–H groups in total. The van der Waals surface area contributed by atoms with Gasteiger partial charge in [0.1, 0.15) is 0 Å². The van der Waals surface area contributed by atoms with Crippen molar-refractivity contribution in [3.8, 4) is 0 Å². The molecule has 1 radical (unpaired) electrons. The van der Waals surface area contributed by atoms with E-state index < -0.39 is 0 Å². The van der Waals surface area contributed by atoms with Crippen LogP contribution in [0.15, 0.2) is 30.3 Å². The molecule has 0 saturated heterocycles. The molecule has 1 aromatic rings. The molecule has 0 unspecified atom stereocenters. The van der Waals surface area contributed by atoms with Gasteiger partial charge in [0.15, 0.2) is 0 Å². The Morgan fingerprint density at radius 1 is 1.00 bits per heavy atom. The predicted molar refractivity (Wildman–Crippen MR) is 81.3 cm³/mol. The van der Waals surface area contributed by atoms with Gasteiger partial charge in [0, 0.05) is 39.7 Å². The van der Waals surface area contributed by atoms with Gasteiger partial charge in [0.25, 0.3) is 0 Å². The molecule has 4 heteroatoms. The van der Waals surface area contributed by atoms with E-state index in [1.807, 2.05) is 37.3 Å². The molecule has 4 nitrogen and oxygen atoms in total. The first kappa shape index (κ1) is 16.2. The number of benzene rings is 1. The van der Waals surface area contributed by atoms with Gasteiger partial charge in [0.2, 0.25) is 11.8 Å². The van der Waals surface area contributed by atoms with Gasteiger partial charge < -0.3 is 9.80 Å². The average Bonchev–Trinajstić information content (AvgIpc) is 2.42. The van der Waals surface area contributed by atoms with E-state index in [1.165, 1.54) is 5.92 Å². The van der Waals surface area contributed by atoms with Crippen molar-refractivity contribution in [2.45, 2.75) is 27.2 Å². The van der Waals surface area contributed by atoms with Crippen LogP contribution in [0, 0.1) is 5.92 Å². The molecule has 20 heavy (non-hydrogen) atoms. The molecule has 1 aromatic carbocycles. The number of para-hydroxylation sites is 1. The summed E-state index contributed by atoms with van der Waals surface area (Å²) >= 11 is 0. The van der Waals surface area contributed by atoms with Gasteiger partial charge in [-0.1, -0.05) is 25.1 Å². The summed E-state index contributed by atoms with van der Waals surface area (Å²) in [5.74, 6) is 1.26. The first-order valence-corrected chi connectivity index (χ1v) is 6.78. The molecule has 1 rings (SSSR count). The van der Waals surface area contributed by atoms with Crippen LogP contribution in [0.5, 0.6) is 0 Å². The van der Waals surface area contributed by atoms with Crippen LogP contribution in [-0.2, 0) is 9.59 Å². The van der Waals surface area contributed by atoms with Gasteiger partial charge in [0.05, 0.1) is 0 Å². The number of nitrogens with zero attached hydrogens (tertiary/aromatic N) is 2. The molecular weight excluding hydrogens is 252 g/mol. The summed E-state index contributed by atoms with van der Waals surface area (Å²) in [4.78, 5) is 26.4. The fraction of sp³-hybridized carbons (Fsp3) is 0.438. The van der Waals surface area contributed by atoms with E-state index in [1.54, 1.807) is 30.7 Å². The van der Waals surface area contributed by atoms with Gasteiger partial charge in [-0.2, -0.15) is 0 Å². The van der Waals surface area contributed by atoms with Crippen LogP contribution >= 0.6 is 0 Å². The lowest BCUT2D eigenvalue weighted by atomic mass is 10.1. The number of amides is 2. The molecular formula is C16H23N2O2. The van der Waals surface area contributed by atoms with Gasteiger partial charge in [-0.15, -0.1) is 0 Å². The summed E-state index contributed by atoms with van der Waals surface area (Å²) in [5.41, 5.74) is 0.902. The van der Waals surface area contributed by atoms with Crippen molar-refractivity contribution in [1.82, 2.24) is 4.90 Å². The second-order valence-electron chi connectivity index (χ2n) is 5.09. The van der Waals surface area contributed by atoms with Crippen molar-refractivity contribution in [3.63, 3.8) is 0 Å². The molecule has 0 spiro atoms. The van der Waals surface area contributed by atoms with E-state index >= 15 is 0 Å². The van der Waals surface area contributed by atoms with Crippen molar-refractivity contribution in [2.24, 2.45) is 0 Å². The lowest BCUT2D eigenvalue weighted by Crippen LogP contribution is -2.33. The molecule has 109 valence electrons. The fourth-order valence-electron chi connectivity index (χ4n) is 1.86. The van der Waals surface area contributed by atoms with Crippen LogP contribution in [0.3, 0.4) is 0 Å². The Morgan fingerprint density at radius 2 is 1.60 bits per heavy atom. The van der Waals surface area contributed by atoms with Crippen LogP contribution in [0.2, 0.25) is 0 Å². The topological polar surface area (TPSA) is 40.6 Å². The molecule has 0 saturated carbocycles. The van der Waals surface area contributed by atoms with Crippen molar-refractivity contribution in [1.29, 1.82) is 0 Å². The Kier molecular flexibility index (Phi) is 6.22. The number of anilines is 1. The minimum atomic E-state index is 0.0236. The predicted octanol–water partition coefficient (Wildman–Crippen LogP) is 2.50. The number of carbonyl (C=O) groups is 2. The lowest BCUT2D eigenvalue weighted by molar-refractivity contribution is -0.127. The maximum absolute atomic E-state index is 11.8. The van der Waals surface area contributed by atoms with Gasteiger partial charge in [-0.25, -0.2) is 0 Å². The molecule has 0 aliphatic rings. The van der Waals surface area contributed by atoms with Crippen LogP contribution in [0.1, 0.15) is 27.2 Å². The minimum absolute atomic E-state index is 0.0236. The summed E-state index contributed by atoms with van der Waals surface area (Å²) in [5, 5.41) is 0. The zero-order valence-electron chi connectivity index (χ0n) is 12.7. The molecule has 0 aromatic heterocycles. The van der Waals surface area contributed by atoms with Gasteiger partial charge >= 0.3 is 0 Å². The maximum Gasteiger partial charge on any atom is 0.223 e. The third-order valence-electron chi connectivity index (χ3n) is 3.29. The minimum Gasteiger partial charge on any atom is -0.346 e. The SMILES string of the molecule is C[C](CCN(C)C(C)=O)CN(C(C)=O)c1ccccc1. The quantitative estimate of drug-likeness (QED) is 0.800. The number of rotatable bonds is 6. The first-order valence-electron chi connectivity index (χ1n) is 6.78. The summed E-state index contributed by atoms with van der Waals surface area (Å²) < 4.78 is 0. The van der Waals surface area contributed by atoms with E-state index in [2.05, 4.69) is 0 Å². The molecule has 0 atom stereocenters. The highest BCUT2D eigenvalue weighted by Crippen LogP contribution is 2.17. The normalized spacial score (nSPS) is 10.4. The van der Waals surface area contributed by atoms with E-state index in [0.717, 1.165) is 12.1 Å². The Balaban J connectivity index is 2.59. The highest BCUT2D eigenvalue weighted by atomic mass is 16.2. The first-order chi connectivity index (χ1) is 9.41. The highest BCUT2D eigenvalue weighted by molar-refractivity contribution is 5.91. The third kappa shape index (κ3) is 5.03. The fourth-order valence-corrected chi connectivity index (χ4v) is 1.86. The monoisotopic (exact) mass is 275 g/mol. The summed E-state index contributed by atoms with van der Waals surface area (Å²) in [6, 6.07) is 9.63. The van der Waals surface area contributed by atoms with Crippen molar-refractivity contribution in [3.05, 3.63) is 36.2 Å². The molecule has 0 fully saturated rings. The van der Waals surface area contributed by atoms with Crippen LogP contribution in [0.25, 0.3) is 0 Å². The van der Waals surface area contributed by atoms with Gasteiger partial charge in [-0.05, 0) is 24.5 Å². The second-order valence-corrected chi connectivity index (χ2v) is 5.09. The van der Waals surface area contributed by atoms with Crippen LogP contribution in [-0.4, -0.2) is 36.9 Å². The Bertz CT molecular complexity index is 445. The smallest absolute Gasteiger partial charge is 0.223 e. The van der Waals surface area contributed by atoms with E-state index in [4.69, 9.17) is 0 Å². The molecule has 2 amide bonds. The Hall–Kier alpha value is -1.84. The molecule has 0 aliphatic heterocycles. The largest absolute Gasteiger partial charge is 0.346 e. The number of carbonyl (C=O) groups excluding carboxylic acids is 2. The Morgan fingerprint density at radius 3 is 2.10 bits per heavy atom. The van der Waals surface area contributed by atoms with Crippen LogP contribution in [0.4, 0.5) is 5.69 Å². The van der Waals surface area contributed by atoms with Crippen molar-refractivity contribution in [2.75, 3.05) is 25.0 Å². The zero-order valence-corrected chi connectivity index (χ0v) is 12.7. The van der Waals surface area contributed by atoms with E-state index in [-0.39, 0.29) is 11.8 Å². The summed E-state index contributed by atoms with van der Waals surface area (Å²) in [6.45, 7) is 6.42. The second kappa shape index (κ2) is 7.68. The zero-order chi connectivity index (χ0) is 15.1. The molecule has 0 aliphatic carbocycles. The maximum atomic E-state index is 11.8. The van der Waals surface area contributed by atoms with Crippen molar-refractivity contribution >= 4 is 17.5 Å². The molecule has 0 heterocycles. The van der Waals surface area contributed by atoms with E-state index in [9.17, 15) is 9.59 Å². The standard InChI is InChI=1S/C16H23N2O2/c1-13(10-11-17(4)14(2)19)12-18(15(3)20)16-8-6-5-7-9-16/h5-9H,10-12H2,1-4H3. The molecule has 0 bridgehead atoms. The Labute approximate surface area is 121 Å². The number of hydrogen-bond acceptors (Lipinski definition) is 2. The lowest BCUT2D eigenvalue weighted by Gasteiger charge is -2.25. The van der Waals surface area contributed by atoms with Crippen molar-refractivity contribution < 1.29 is 9.59 Å². The van der Waals surface area contributed by atoms with Crippen LogP contribution < -0.4 is 4.90 Å².